The molecule has 110 valence electrons. The van der Waals surface area contributed by atoms with Crippen LogP contribution in [0.3, 0.4) is 0 Å². The minimum Gasteiger partial charge on any atom is -0.434 e. The standard InChI is InChI=1S/C15H18F2O3/c16-15(17)20-14-9-2-1-7-12(14)13(18)8-3-5-11-6-4-10-19-11/h1-2,7,9,11,15H,3-6,8,10H2. The molecule has 0 aromatic heterocycles. The Morgan fingerprint density at radius 2 is 2.20 bits per heavy atom. The second kappa shape index (κ2) is 7.33. The summed E-state index contributed by atoms with van der Waals surface area (Å²) in [5.74, 6) is -0.219. The van der Waals surface area contributed by atoms with E-state index in [1.807, 2.05) is 0 Å². The molecule has 3 nitrogen and oxygen atoms in total. The SMILES string of the molecule is O=C(CCCC1CCCO1)c1ccccc1OC(F)F. The van der Waals surface area contributed by atoms with Gasteiger partial charge in [-0.15, -0.1) is 0 Å². The number of carbonyl (C=O) groups excluding carboxylic acids is 1. The van der Waals surface area contributed by atoms with Gasteiger partial charge in [-0.05, 0) is 37.8 Å². The molecule has 1 aromatic carbocycles. The van der Waals surface area contributed by atoms with Gasteiger partial charge in [0.1, 0.15) is 5.75 Å². The van der Waals surface area contributed by atoms with Crippen LogP contribution < -0.4 is 4.74 Å². The lowest BCUT2D eigenvalue weighted by Gasteiger charge is -2.11. The van der Waals surface area contributed by atoms with Crippen LogP contribution in [0.1, 0.15) is 42.5 Å². The third-order valence-electron chi connectivity index (χ3n) is 3.36. The molecule has 0 saturated carbocycles. The molecule has 1 fully saturated rings. The van der Waals surface area contributed by atoms with Crippen molar-refractivity contribution in [1.29, 1.82) is 0 Å². The topological polar surface area (TPSA) is 35.5 Å². The number of halogens is 2. The van der Waals surface area contributed by atoms with Gasteiger partial charge >= 0.3 is 6.61 Å². The molecule has 0 bridgehead atoms. The quantitative estimate of drug-likeness (QED) is 0.714. The lowest BCUT2D eigenvalue weighted by Crippen LogP contribution is -2.09. The molecular weight excluding hydrogens is 266 g/mol. The molecule has 0 N–H and O–H groups in total. The Hall–Kier alpha value is -1.49. The van der Waals surface area contributed by atoms with Crippen molar-refractivity contribution in [2.45, 2.75) is 44.8 Å². The molecule has 1 saturated heterocycles. The Balaban J connectivity index is 1.87. The lowest BCUT2D eigenvalue weighted by atomic mass is 10.0. The molecule has 5 heteroatoms. The van der Waals surface area contributed by atoms with E-state index in [2.05, 4.69) is 4.74 Å². The summed E-state index contributed by atoms with van der Waals surface area (Å²) in [5, 5.41) is 0. The number of benzene rings is 1. The van der Waals surface area contributed by atoms with E-state index in [-0.39, 0.29) is 23.2 Å². The molecule has 1 aliphatic rings. The fourth-order valence-electron chi connectivity index (χ4n) is 2.39. The third-order valence-corrected chi connectivity index (χ3v) is 3.36. The first-order chi connectivity index (χ1) is 9.66. The van der Waals surface area contributed by atoms with E-state index in [1.165, 1.54) is 12.1 Å². The lowest BCUT2D eigenvalue weighted by molar-refractivity contribution is -0.0501. The van der Waals surface area contributed by atoms with Crippen LogP contribution in [0.25, 0.3) is 0 Å². The maximum atomic E-state index is 12.3. The molecule has 1 aliphatic heterocycles. The van der Waals surface area contributed by atoms with Crippen LogP contribution >= 0.6 is 0 Å². The highest BCUT2D eigenvalue weighted by atomic mass is 19.3. The van der Waals surface area contributed by atoms with Crippen molar-refractivity contribution >= 4 is 5.78 Å². The number of ether oxygens (including phenoxy) is 2. The first kappa shape index (κ1) is 14.9. The van der Waals surface area contributed by atoms with Gasteiger partial charge in [0.2, 0.25) is 0 Å². The zero-order valence-electron chi connectivity index (χ0n) is 11.2. The zero-order valence-corrected chi connectivity index (χ0v) is 11.2. The van der Waals surface area contributed by atoms with Crippen LogP contribution in [0.2, 0.25) is 0 Å². The van der Waals surface area contributed by atoms with E-state index in [1.54, 1.807) is 12.1 Å². The van der Waals surface area contributed by atoms with Gasteiger partial charge in [-0.1, -0.05) is 12.1 Å². The van der Waals surface area contributed by atoms with Gasteiger partial charge in [-0.25, -0.2) is 0 Å². The summed E-state index contributed by atoms with van der Waals surface area (Å²) in [6.45, 7) is -2.13. The Bertz CT molecular complexity index is 442. The normalized spacial score (nSPS) is 18.4. The van der Waals surface area contributed by atoms with E-state index < -0.39 is 6.61 Å². The highest BCUT2D eigenvalue weighted by Gasteiger charge is 2.18. The van der Waals surface area contributed by atoms with Crippen LogP contribution in [0.4, 0.5) is 8.78 Å². The van der Waals surface area contributed by atoms with Crippen LogP contribution in [-0.2, 0) is 4.74 Å². The molecule has 1 heterocycles. The van der Waals surface area contributed by atoms with Crippen molar-refractivity contribution in [3.63, 3.8) is 0 Å². The smallest absolute Gasteiger partial charge is 0.387 e. The van der Waals surface area contributed by atoms with Crippen molar-refractivity contribution in [1.82, 2.24) is 0 Å². The summed E-state index contributed by atoms with van der Waals surface area (Å²) in [7, 11) is 0. The van der Waals surface area contributed by atoms with E-state index in [0.29, 0.717) is 12.8 Å². The molecule has 0 radical (unpaired) electrons. The number of alkyl halides is 2. The highest BCUT2D eigenvalue weighted by Crippen LogP contribution is 2.23. The predicted octanol–water partition coefficient (Wildman–Crippen LogP) is 3.82. The van der Waals surface area contributed by atoms with Crippen molar-refractivity contribution in [3.05, 3.63) is 29.8 Å². The molecule has 1 aromatic rings. The Morgan fingerprint density at radius 1 is 1.40 bits per heavy atom. The second-order valence-electron chi connectivity index (χ2n) is 4.83. The molecule has 0 spiro atoms. The Kier molecular flexibility index (Phi) is 5.47. The van der Waals surface area contributed by atoms with E-state index in [4.69, 9.17) is 4.74 Å². The molecule has 0 aliphatic carbocycles. The van der Waals surface area contributed by atoms with Crippen LogP contribution in [0.15, 0.2) is 24.3 Å². The molecule has 0 amide bonds. The second-order valence-corrected chi connectivity index (χ2v) is 4.83. The van der Waals surface area contributed by atoms with Crippen LogP contribution in [0, 0.1) is 0 Å². The van der Waals surface area contributed by atoms with E-state index in [0.717, 1.165) is 25.9 Å². The fraction of sp³-hybridized carbons (Fsp3) is 0.533. The molecular formula is C15H18F2O3. The average Bonchev–Trinajstić information content (AvgIpc) is 2.91. The summed E-state index contributed by atoms with van der Waals surface area (Å²) in [6, 6.07) is 6.12. The van der Waals surface area contributed by atoms with Crippen molar-refractivity contribution in [2.24, 2.45) is 0 Å². The summed E-state index contributed by atoms with van der Waals surface area (Å²) < 4.78 is 34.4. The number of para-hydroxylation sites is 1. The van der Waals surface area contributed by atoms with Gasteiger partial charge in [0, 0.05) is 13.0 Å². The summed E-state index contributed by atoms with van der Waals surface area (Å²) in [5.41, 5.74) is 0.222. The number of carbonyl (C=O) groups is 1. The fourth-order valence-corrected chi connectivity index (χ4v) is 2.39. The zero-order chi connectivity index (χ0) is 14.4. The summed E-state index contributed by atoms with van der Waals surface area (Å²) in [6.07, 6.45) is 4.22. The monoisotopic (exact) mass is 284 g/mol. The van der Waals surface area contributed by atoms with E-state index >= 15 is 0 Å². The highest BCUT2D eigenvalue weighted by molar-refractivity contribution is 5.98. The first-order valence-corrected chi connectivity index (χ1v) is 6.85. The van der Waals surface area contributed by atoms with Crippen molar-refractivity contribution < 1.29 is 23.0 Å². The van der Waals surface area contributed by atoms with Crippen molar-refractivity contribution in [2.75, 3.05) is 6.61 Å². The maximum absolute atomic E-state index is 12.3. The summed E-state index contributed by atoms with van der Waals surface area (Å²) in [4.78, 5) is 12.1. The molecule has 20 heavy (non-hydrogen) atoms. The van der Waals surface area contributed by atoms with E-state index in [9.17, 15) is 13.6 Å². The Morgan fingerprint density at radius 3 is 2.90 bits per heavy atom. The van der Waals surface area contributed by atoms with Crippen LogP contribution in [-0.4, -0.2) is 25.1 Å². The number of rotatable bonds is 7. The minimum absolute atomic E-state index is 0.0513. The number of Topliss-reactive ketones (excluding diaryl/α,β-unsaturated/α-hetero) is 1. The molecule has 2 rings (SSSR count). The average molecular weight is 284 g/mol. The van der Waals surface area contributed by atoms with Gasteiger partial charge in [0.25, 0.3) is 0 Å². The van der Waals surface area contributed by atoms with Gasteiger partial charge in [-0.3, -0.25) is 4.79 Å². The number of hydrogen-bond donors (Lipinski definition) is 0. The minimum atomic E-state index is -2.92. The van der Waals surface area contributed by atoms with Gasteiger partial charge in [0.05, 0.1) is 11.7 Å². The number of hydrogen-bond acceptors (Lipinski definition) is 3. The van der Waals surface area contributed by atoms with Crippen LogP contribution in [0.5, 0.6) is 5.75 Å². The Labute approximate surface area is 116 Å². The third kappa shape index (κ3) is 4.27. The first-order valence-electron chi connectivity index (χ1n) is 6.85. The molecule has 1 unspecified atom stereocenters. The molecule has 1 atom stereocenters. The number of ketones is 1. The maximum Gasteiger partial charge on any atom is 0.387 e. The van der Waals surface area contributed by atoms with Gasteiger partial charge < -0.3 is 9.47 Å². The largest absolute Gasteiger partial charge is 0.434 e. The van der Waals surface area contributed by atoms with Gasteiger partial charge in [-0.2, -0.15) is 8.78 Å². The van der Waals surface area contributed by atoms with Crippen molar-refractivity contribution in [3.8, 4) is 5.75 Å². The van der Waals surface area contributed by atoms with Gasteiger partial charge in [0.15, 0.2) is 5.78 Å². The predicted molar refractivity (Wildman–Crippen MR) is 70.2 cm³/mol. The summed E-state index contributed by atoms with van der Waals surface area (Å²) >= 11 is 0.